The number of nitrogen functional groups attached to an aromatic ring is 1. The molecular formula is C47H68N4O. The molecule has 4 rings (SSSR count). The predicted molar refractivity (Wildman–Crippen MR) is 232 cm³/mol. The van der Waals surface area contributed by atoms with Gasteiger partial charge in [-0.3, -0.25) is 4.90 Å². The maximum absolute atomic E-state index is 6.81. The first-order valence-corrected chi connectivity index (χ1v) is 19.1. The summed E-state index contributed by atoms with van der Waals surface area (Å²) in [7, 11) is 8.00. The number of nitrogens with zero attached hydrogens (tertiary/aromatic N) is 2. The van der Waals surface area contributed by atoms with Crippen LogP contribution < -0.4 is 20.7 Å². The Kier molecular flexibility index (Phi) is 19.0. The van der Waals surface area contributed by atoms with Crippen LogP contribution in [0.25, 0.3) is 17.8 Å². The van der Waals surface area contributed by atoms with Crippen LogP contribution in [0.4, 0.5) is 11.4 Å². The van der Waals surface area contributed by atoms with Crippen molar-refractivity contribution in [1.82, 2.24) is 10.2 Å². The van der Waals surface area contributed by atoms with Gasteiger partial charge in [0.15, 0.2) is 0 Å². The van der Waals surface area contributed by atoms with Crippen LogP contribution in [0, 0.1) is 6.92 Å². The van der Waals surface area contributed by atoms with Crippen LogP contribution >= 0.6 is 0 Å². The largest absolute Gasteiger partial charge is 0.490 e. The van der Waals surface area contributed by atoms with E-state index in [0.29, 0.717) is 17.6 Å². The molecule has 1 atom stereocenters. The number of anilines is 2. The third-order valence-corrected chi connectivity index (χ3v) is 9.83. The average Bonchev–Trinajstić information content (AvgIpc) is 3.16. The van der Waals surface area contributed by atoms with E-state index >= 15 is 0 Å². The van der Waals surface area contributed by atoms with E-state index in [1.165, 1.54) is 27.8 Å². The fourth-order valence-corrected chi connectivity index (χ4v) is 6.95. The molecule has 1 unspecified atom stereocenters. The van der Waals surface area contributed by atoms with Gasteiger partial charge in [-0.1, -0.05) is 94.6 Å². The SMILES string of the molecule is C=CCCC(C=C)N(C)Cc1c(C=C)cc(C)cc1C1CCC(Oc2cc(N(C)C(=C)c3ccc(N)cc3C=C)ccc2CC)CC1.CC.CNC. The molecule has 0 aromatic heterocycles. The van der Waals surface area contributed by atoms with Crippen molar-refractivity contribution < 1.29 is 4.74 Å². The smallest absolute Gasteiger partial charge is 0.124 e. The lowest BCUT2D eigenvalue weighted by Gasteiger charge is -2.33. The van der Waals surface area contributed by atoms with Crippen molar-refractivity contribution in [3.8, 4) is 5.75 Å². The first-order valence-electron chi connectivity index (χ1n) is 19.1. The third-order valence-electron chi connectivity index (χ3n) is 9.83. The van der Waals surface area contributed by atoms with Gasteiger partial charge >= 0.3 is 0 Å². The molecule has 0 spiro atoms. The van der Waals surface area contributed by atoms with Crippen molar-refractivity contribution in [3.63, 3.8) is 0 Å². The summed E-state index contributed by atoms with van der Waals surface area (Å²) in [5, 5.41) is 2.75. The molecular weight excluding hydrogens is 637 g/mol. The molecule has 0 saturated heterocycles. The van der Waals surface area contributed by atoms with Gasteiger partial charge in [-0.2, -0.15) is 0 Å². The molecule has 1 fully saturated rings. The molecule has 1 aliphatic rings. The van der Waals surface area contributed by atoms with Gasteiger partial charge < -0.3 is 20.7 Å². The summed E-state index contributed by atoms with van der Waals surface area (Å²) < 4.78 is 6.81. The van der Waals surface area contributed by atoms with Crippen molar-refractivity contribution in [2.24, 2.45) is 0 Å². The van der Waals surface area contributed by atoms with Crippen molar-refractivity contribution in [1.29, 1.82) is 0 Å². The summed E-state index contributed by atoms with van der Waals surface area (Å²) >= 11 is 0. The number of allylic oxidation sites excluding steroid dienone is 1. The summed E-state index contributed by atoms with van der Waals surface area (Å²) in [5.41, 5.74) is 17.3. The van der Waals surface area contributed by atoms with E-state index in [1.54, 1.807) is 0 Å². The Morgan fingerprint density at radius 1 is 0.942 bits per heavy atom. The number of nitrogens with two attached hydrogens (primary N) is 1. The summed E-state index contributed by atoms with van der Waals surface area (Å²) in [6.45, 7) is 29.9. The number of rotatable bonds is 16. The lowest BCUT2D eigenvalue weighted by Crippen LogP contribution is -2.30. The average molecular weight is 705 g/mol. The minimum Gasteiger partial charge on any atom is -0.490 e. The van der Waals surface area contributed by atoms with Crippen LogP contribution in [-0.4, -0.2) is 45.2 Å². The second kappa shape index (κ2) is 22.6. The van der Waals surface area contributed by atoms with Gasteiger partial charge in [0.2, 0.25) is 0 Å². The van der Waals surface area contributed by atoms with Crippen LogP contribution in [-0.2, 0) is 13.0 Å². The summed E-state index contributed by atoms with van der Waals surface area (Å²) in [4.78, 5) is 4.53. The van der Waals surface area contributed by atoms with E-state index < -0.39 is 0 Å². The monoisotopic (exact) mass is 705 g/mol. The number of likely N-dealkylation sites (N-methyl/N-ethyl adjacent to an activating group) is 1. The normalized spacial score (nSPS) is 15.6. The first kappa shape index (κ1) is 43.8. The van der Waals surface area contributed by atoms with Crippen LogP contribution in [0.15, 0.2) is 93.6 Å². The molecule has 52 heavy (non-hydrogen) atoms. The molecule has 5 heteroatoms. The van der Waals surface area contributed by atoms with Crippen LogP contribution in [0.3, 0.4) is 0 Å². The molecule has 1 aliphatic carbocycles. The zero-order valence-corrected chi connectivity index (χ0v) is 33.7. The predicted octanol–water partition coefficient (Wildman–Crippen LogP) is 11.5. The van der Waals surface area contributed by atoms with E-state index in [-0.39, 0.29) is 6.10 Å². The molecule has 0 bridgehead atoms. The van der Waals surface area contributed by atoms with Gasteiger partial charge in [0, 0.05) is 48.3 Å². The zero-order valence-electron chi connectivity index (χ0n) is 33.7. The molecule has 3 aromatic carbocycles. The van der Waals surface area contributed by atoms with Crippen LogP contribution in [0.2, 0.25) is 0 Å². The highest BCUT2D eigenvalue weighted by atomic mass is 16.5. The number of hydrogen-bond donors (Lipinski definition) is 2. The van der Waals surface area contributed by atoms with E-state index in [4.69, 9.17) is 10.5 Å². The van der Waals surface area contributed by atoms with E-state index in [1.807, 2.05) is 71.4 Å². The number of aryl methyl sites for hydroxylation is 2. The Hall–Kier alpha value is -4.32. The van der Waals surface area contributed by atoms with E-state index in [9.17, 15) is 0 Å². The maximum atomic E-state index is 6.81. The molecule has 3 aromatic rings. The topological polar surface area (TPSA) is 53.8 Å². The van der Waals surface area contributed by atoms with Crippen molar-refractivity contribution >= 4 is 29.2 Å². The van der Waals surface area contributed by atoms with E-state index in [0.717, 1.165) is 79.8 Å². The van der Waals surface area contributed by atoms with Crippen LogP contribution in [0.5, 0.6) is 5.75 Å². The second-order valence-corrected chi connectivity index (χ2v) is 13.5. The van der Waals surface area contributed by atoms with Gasteiger partial charge in [0.05, 0.1) is 6.10 Å². The Morgan fingerprint density at radius 2 is 1.60 bits per heavy atom. The van der Waals surface area contributed by atoms with Gasteiger partial charge in [-0.25, -0.2) is 0 Å². The van der Waals surface area contributed by atoms with Gasteiger partial charge in [-0.15, -0.1) is 13.2 Å². The Labute approximate surface area is 317 Å². The van der Waals surface area contributed by atoms with Crippen LogP contribution in [0.1, 0.15) is 104 Å². The minimum atomic E-state index is 0.184. The standard InChI is InChI=1S/C43H55N3O.C2H7N.C2H6/c1-10-15-16-37(14-5)45(8)29-42-33(12-3)25-30(6)26-41(42)35-18-22-39(23-19-35)47-43-28-38(21-17-32(43)11-2)46(9)31(7)40-24-20-36(44)27-34(40)13-4;1-3-2;1-2/h10,12-14,17,20-21,24-28,35,37,39H,1,3-5,7,11,15-16,18-19,22-23,29,44H2,2,6,8-9H3;3H,1-2H3;1-2H3. The third kappa shape index (κ3) is 11.9. The van der Waals surface area contributed by atoms with Crippen molar-refractivity contribution in [3.05, 3.63) is 133 Å². The molecule has 0 heterocycles. The lowest BCUT2D eigenvalue weighted by atomic mass is 9.79. The number of hydrogen-bond acceptors (Lipinski definition) is 5. The number of nitrogens with one attached hydrogen (secondary N) is 1. The molecule has 0 radical (unpaired) electrons. The highest BCUT2D eigenvalue weighted by Crippen LogP contribution is 2.40. The maximum Gasteiger partial charge on any atom is 0.124 e. The fourth-order valence-electron chi connectivity index (χ4n) is 6.95. The summed E-state index contributed by atoms with van der Waals surface area (Å²) in [5.74, 6) is 1.47. The molecule has 3 N–H and O–H groups in total. The quantitative estimate of drug-likeness (QED) is 0.115. The molecule has 5 nitrogen and oxygen atoms in total. The number of ether oxygens (including phenoxy) is 1. The Morgan fingerprint density at radius 3 is 2.17 bits per heavy atom. The highest BCUT2D eigenvalue weighted by molar-refractivity contribution is 5.83. The summed E-state index contributed by atoms with van der Waals surface area (Å²) in [6, 6.07) is 17.4. The zero-order chi connectivity index (χ0) is 38.8. The summed E-state index contributed by atoms with van der Waals surface area (Å²) in [6.07, 6.45) is 15.3. The van der Waals surface area contributed by atoms with E-state index in [2.05, 4.69) is 105 Å². The Bertz CT molecular complexity index is 1610. The molecule has 0 amide bonds. The van der Waals surface area contributed by atoms with Gasteiger partial charge in [0.25, 0.3) is 0 Å². The Balaban J connectivity index is 0.00000178. The molecule has 1 saturated carbocycles. The van der Waals surface area contributed by atoms with Crippen molar-refractivity contribution in [2.75, 3.05) is 38.8 Å². The first-order chi connectivity index (χ1) is 25.0. The van der Waals surface area contributed by atoms with Crippen molar-refractivity contribution in [2.45, 2.75) is 97.2 Å². The second-order valence-electron chi connectivity index (χ2n) is 13.5. The molecule has 282 valence electrons. The fraction of sp³-hybridized carbons (Fsp3) is 0.404. The molecule has 0 aliphatic heterocycles. The van der Waals surface area contributed by atoms with Gasteiger partial charge in [-0.05, 0) is 125 Å². The lowest BCUT2D eigenvalue weighted by molar-refractivity contribution is 0.145. The van der Waals surface area contributed by atoms with Gasteiger partial charge in [0.1, 0.15) is 5.75 Å². The number of benzene rings is 3. The highest BCUT2D eigenvalue weighted by Gasteiger charge is 2.28. The minimum absolute atomic E-state index is 0.184.